The zero-order chi connectivity index (χ0) is 19.2. The SMILES string of the molecule is COc1ccc(NC(=O)[C@@H]2[C@H]3NC(=S)N[C@@]2(C)Oc2ccc(Cl)cc23)cc1. The number of amides is 1. The van der Waals surface area contributed by atoms with Gasteiger partial charge < -0.3 is 25.4 Å². The van der Waals surface area contributed by atoms with Gasteiger partial charge in [-0.25, -0.2) is 0 Å². The van der Waals surface area contributed by atoms with Gasteiger partial charge in [-0.3, -0.25) is 4.79 Å². The molecular formula is C19H18ClN3O3S. The monoisotopic (exact) mass is 403 g/mol. The molecule has 8 heteroatoms. The van der Waals surface area contributed by atoms with Gasteiger partial charge in [0.2, 0.25) is 5.91 Å². The van der Waals surface area contributed by atoms with Gasteiger partial charge >= 0.3 is 0 Å². The zero-order valence-corrected chi connectivity index (χ0v) is 16.3. The molecule has 0 aromatic heterocycles. The van der Waals surface area contributed by atoms with E-state index in [1.54, 1.807) is 49.6 Å². The lowest BCUT2D eigenvalue weighted by Gasteiger charge is -2.50. The van der Waals surface area contributed by atoms with Crippen molar-refractivity contribution >= 4 is 40.5 Å². The molecule has 6 nitrogen and oxygen atoms in total. The van der Waals surface area contributed by atoms with Gasteiger partial charge in [0.05, 0.1) is 13.2 Å². The summed E-state index contributed by atoms with van der Waals surface area (Å²) in [5.74, 6) is 0.621. The van der Waals surface area contributed by atoms with Crippen molar-refractivity contribution in [2.75, 3.05) is 12.4 Å². The Morgan fingerprint density at radius 2 is 2.04 bits per heavy atom. The van der Waals surface area contributed by atoms with Gasteiger partial charge in [0.1, 0.15) is 17.4 Å². The van der Waals surface area contributed by atoms with E-state index in [9.17, 15) is 4.79 Å². The third kappa shape index (κ3) is 3.17. The Kier molecular flexibility index (Phi) is 4.36. The number of hydrogen-bond donors (Lipinski definition) is 3. The summed E-state index contributed by atoms with van der Waals surface area (Å²) in [6, 6.07) is 12.2. The molecule has 1 saturated heterocycles. The second-order valence-electron chi connectivity index (χ2n) is 6.66. The molecule has 0 spiro atoms. The first-order valence-electron chi connectivity index (χ1n) is 8.42. The van der Waals surface area contributed by atoms with E-state index in [0.717, 1.165) is 11.3 Å². The fourth-order valence-electron chi connectivity index (χ4n) is 3.61. The van der Waals surface area contributed by atoms with Crippen LogP contribution in [0.15, 0.2) is 42.5 Å². The van der Waals surface area contributed by atoms with E-state index in [0.29, 0.717) is 21.6 Å². The zero-order valence-electron chi connectivity index (χ0n) is 14.7. The molecule has 0 radical (unpaired) electrons. The van der Waals surface area contributed by atoms with Crippen LogP contribution in [0.25, 0.3) is 0 Å². The minimum atomic E-state index is -0.982. The standard InChI is InChI=1S/C19H18ClN3O3S/c1-19-15(17(24)21-11-4-6-12(25-2)7-5-11)16(22-18(27)23-19)13-9-10(20)3-8-14(13)26-19/h3-9,15-16H,1-2H3,(H,21,24)(H2,22,23,27)/t15-,16-,19-/m0/s1. The molecule has 140 valence electrons. The fraction of sp³-hybridized carbons (Fsp3) is 0.263. The highest BCUT2D eigenvalue weighted by atomic mass is 35.5. The number of hydrogen-bond acceptors (Lipinski definition) is 4. The van der Waals surface area contributed by atoms with Crippen LogP contribution in [0, 0.1) is 5.92 Å². The highest BCUT2D eigenvalue weighted by molar-refractivity contribution is 7.80. The van der Waals surface area contributed by atoms with Crippen molar-refractivity contribution in [3.8, 4) is 11.5 Å². The maximum atomic E-state index is 13.2. The molecule has 2 bridgehead atoms. The number of fused-ring (bicyclic) bond motifs is 4. The van der Waals surface area contributed by atoms with Crippen molar-refractivity contribution in [1.82, 2.24) is 10.6 Å². The van der Waals surface area contributed by atoms with Crippen molar-refractivity contribution in [3.63, 3.8) is 0 Å². The first kappa shape index (κ1) is 17.9. The minimum Gasteiger partial charge on any atom is -0.497 e. The summed E-state index contributed by atoms with van der Waals surface area (Å²) < 4.78 is 11.3. The van der Waals surface area contributed by atoms with E-state index < -0.39 is 11.6 Å². The molecule has 27 heavy (non-hydrogen) atoms. The van der Waals surface area contributed by atoms with Crippen LogP contribution in [-0.4, -0.2) is 23.9 Å². The molecule has 0 saturated carbocycles. The Hall–Kier alpha value is -2.51. The molecule has 3 atom stereocenters. The number of thiocarbonyl (C=S) groups is 1. The van der Waals surface area contributed by atoms with Crippen LogP contribution in [0.2, 0.25) is 5.02 Å². The van der Waals surface area contributed by atoms with Gasteiger partial charge in [0.15, 0.2) is 10.8 Å². The molecule has 4 rings (SSSR count). The number of carbonyl (C=O) groups excluding carboxylic acids is 1. The van der Waals surface area contributed by atoms with Crippen LogP contribution in [0.4, 0.5) is 5.69 Å². The molecule has 3 N–H and O–H groups in total. The van der Waals surface area contributed by atoms with E-state index in [4.69, 9.17) is 33.3 Å². The third-order valence-corrected chi connectivity index (χ3v) is 5.30. The molecule has 0 aliphatic carbocycles. The van der Waals surface area contributed by atoms with Crippen LogP contribution in [-0.2, 0) is 4.79 Å². The smallest absolute Gasteiger partial charge is 0.236 e. The maximum absolute atomic E-state index is 13.2. The first-order chi connectivity index (χ1) is 12.9. The molecule has 1 fully saturated rings. The number of rotatable bonds is 3. The van der Waals surface area contributed by atoms with E-state index in [1.807, 2.05) is 6.92 Å². The summed E-state index contributed by atoms with van der Waals surface area (Å²) >= 11 is 11.5. The molecule has 2 heterocycles. The average molecular weight is 404 g/mol. The second-order valence-corrected chi connectivity index (χ2v) is 7.51. The van der Waals surface area contributed by atoms with E-state index in [1.165, 1.54) is 0 Å². The summed E-state index contributed by atoms with van der Waals surface area (Å²) in [5.41, 5.74) is 0.491. The Morgan fingerprint density at radius 3 is 2.74 bits per heavy atom. The van der Waals surface area contributed by atoms with Crippen LogP contribution in [0.1, 0.15) is 18.5 Å². The summed E-state index contributed by atoms with van der Waals surface area (Å²) in [6.07, 6.45) is 0. The number of halogens is 1. The lowest BCUT2D eigenvalue weighted by Crippen LogP contribution is -2.70. The molecule has 2 aliphatic rings. The number of carbonyl (C=O) groups is 1. The van der Waals surface area contributed by atoms with Crippen molar-refractivity contribution in [3.05, 3.63) is 53.1 Å². The number of benzene rings is 2. The molecule has 2 aromatic rings. The Morgan fingerprint density at radius 1 is 1.30 bits per heavy atom. The van der Waals surface area contributed by atoms with Gasteiger partial charge in [0.25, 0.3) is 0 Å². The predicted octanol–water partition coefficient (Wildman–Crippen LogP) is 3.23. The summed E-state index contributed by atoms with van der Waals surface area (Å²) in [7, 11) is 1.60. The topological polar surface area (TPSA) is 71.6 Å². The van der Waals surface area contributed by atoms with E-state index in [2.05, 4.69) is 16.0 Å². The number of methoxy groups -OCH3 is 1. The van der Waals surface area contributed by atoms with Crippen LogP contribution in [0.5, 0.6) is 11.5 Å². The minimum absolute atomic E-state index is 0.194. The Bertz CT molecular complexity index is 921. The van der Waals surface area contributed by atoms with Gasteiger partial charge in [0, 0.05) is 16.3 Å². The van der Waals surface area contributed by atoms with Crippen molar-refractivity contribution in [2.45, 2.75) is 18.7 Å². The number of ether oxygens (including phenoxy) is 2. The first-order valence-corrected chi connectivity index (χ1v) is 9.20. The normalized spacial score (nSPS) is 25.4. The van der Waals surface area contributed by atoms with Crippen molar-refractivity contribution < 1.29 is 14.3 Å². The summed E-state index contributed by atoms with van der Waals surface area (Å²) in [6.45, 7) is 1.82. The molecular weight excluding hydrogens is 386 g/mol. The van der Waals surface area contributed by atoms with Gasteiger partial charge in [-0.2, -0.15) is 0 Å². The molecule has 0 unspecified atom stereocenters. The summed E-state index contributed by atoms with van der Waals surface area (Å²) in [5, 5.41) is 10.2. The van der Waals surface area contributed by atoms with E-state index in [-0.39, 0.29) is 11.9 Å². The summed E-state index contributed by atoms with van der Waals surface area (Å²) in [4.78, 5) is 13.2. The number of anilines is 1. The Balaban J connectivity index is 1.68. The van der Waals surface area contributed by atoms with Gasteiger partial charge in [-0.15, -0.1) is 0 Å². The van der Waals surface area contributed by atoms with Crippen LogP contribution < -0.4 is 25.4 Å². The second kappa shape index (κ2) is 6.58. The largest absolute Gasteiger partial charge is 0.497 e. The van der Waals surface area contributed by atoms with Gasteiger partial charge in [-0.1, -0.05) is 11.6 Å². The fourth-order valence-corrected chi connectivity index (χ4v) is 4.12. The molecule has 2 aromatic carbocycles. The lowest BCUT2D eigenvalue weighted by atomic mass is 9.80. The number of nitrogens with one attached hydrogen (secondary N) is 3. The van der Waals surface area contributed by atoms with Crippen LogP contribution >= 0.6 is 23.8 Å². The maximum Gasteiger partial charge on any atom is 0.236 e. The lowest BCUT2D eigenvalue weighted by molar-refractivity contribution is -0.132. The van der Waals surface area contributed by atoms with Gasteiger partial charge in [-0.05, 0) is 61.6 Å². The molecule has 1 amide bonds. The highest BCUT2D eigenvalue weighted by Gasteiger charge is 2.54. The third-order valence-electron chi connectivity index (χ3n) is 4.84. The van der Waals surface area contributed by atoms with Crippen LogP contribution in [0.3, 0.4) is 0 Å². The predicted molar refractivity (Wildman–Crippen MR) is 107 cm³/mol. The Labute approximate surface area is 167 Å². The van der Waals surface area contributed by atoms with Crippen molar-refractivity contribution in [1.29, 1.82) is 0 Å². The molecule has 2 aliphatic heterocycles. The quantitative estimate of drug-likeness (QED) is 0.683. The average Bonchev–Trinajstić information content (AvgIpc) is 2.62. The highest BCUT2D eigenvalue weighted by Crippen LogP contribution is 2.45. The van der Waals surface area contributed by atoms with Crippen molar-refractivity contribution in [2.24, 2.45) is 5.92 Å². The van der Waals surface area contributed by atoms with E-state index >= 15 is 0 Å².